The highest BCUT2D eigenvalue weighted by atomic mass is 35.5. The molecule has 0 bridgehead atoms. The van der Waals surface area contributed by atoms with Crippen LogP contribution in [0.3, 0.4) is 0 Å². The van der Waals surface area contributed by atoms with Gasteiger partial charge in [-0.25, -0.2) is 9.97 Å². The van der Waals surface area contributed by atoms with Gasteiger partial charge in [0.05, 0.1) is 0 Å². The number of amides is 1. The first-order valence-corrected chi connectivity index (χ1v) is 11.3. The second kappa shape index (κ2) is 8.26. The average molecular weight is 453 g/mol. The third-order valence-corrected chi connectivity index (χ3v) is 7.17. The molecule has 8 nitrogen and oxygen atoms in total. The standard InChI is InChI=1S/C23H25ClN6O2/c1-14-28-21(29-32-14)19-18-7-10-30(22(31)20(18)27-13-26-19)17-5-8-23(12-25,9-6-17)15-3-2-4-16(24)11-15/h2-4,11,13,17H,5-10,12,25H2,1H3. The highest BCUT2D eigenvalue weighted by molar-refractivity contribution is 6.30. The number of benzene rings is 1. The summed E-state index contributed by atoms with van der Waals surface area (Å²) in [6, 6.07) is 8.17. The molecule has 1 fully saturated rings. The molecule has 5 rings (SSSR count). The lowest BCUT2D eigenvalue weighted by Crippen LogP contribution is -2.50. The predicted molar refractivity (Wildman–Crippen MR) is 119 cm³/mol. The van der Waals surface area contributed by atoms with Crippen LogP contribution in [0.15, 0.2) is 35.1 Å². The molecule has 0 atom stereocenters. The molecule has 0 saturated heterocycles. The number of aryl methyl sites for hydroxylation is 1. The number of nitrogens with zero attached hydrogens (tertiary/aromatic N) is 5. The number of rotatable bonds is 4. The molecule has 2 aliphatic rings. The number of hydrogen-bond donors (Lipinski definition) is 1. The van der Waals surface area contributed by atoms with Crippen LogP contribution < -0.4 is 5.73 Å². The summed E-state index contributed by atoms with van der Waals surface area (Å²) in [5, 5.41) is 4.70. The van der Waals surface area contributed by atoms with Crippen LogP contribution in [0.2, 0.25) is 5.02 Å². The molecular weight excluding hydrogens is 428 g/mol. The topological polar surface area (TPSA) is 111 Å². The largest absolute Gasteiger partial charge is 0.339 e. The lowest BCUT2D eigenvalue weighted by atomic mass is 9.68. The van der Waals surface area contributed by atoms with E-state index in [0.717, 1.165) is 36.3 Å². The summed E-state index contributed by atoms with van der Waals surface area (Å²) in [6.45, 7) is 2.92. The van der Waals surface area contributed by atoms with Crippen molar-refractivity contribution in [1.29, 1.82) is 0 Å². The number of halogens is 1. The minimum atomic E-state index is -0.0933. The molecule has 1 saturated carbocycles. The number of carbonyl (C=O) groups is 1. The summed E-state index contributed by atoms with van der Waals surface area (Å²) in [5.74, 6) is 0.804. The quantitative estimate of drug-likeness (QED) is 0.646. The van der Waals surface area contributed by atoms with Crippen molar-refractivity contribution in [1.82, 2.24) is 25.0 Å². The van der Waals surface area contributed by atoms with Crippen LogP contribution in [-0.2, 0) is 11.8 Å². The molecule has 9 heteroatoms. The number of hydrogen-bond acceptors (Lipinski definition) is 7. The monoisotopic (exact) mass is 452 g/mol. The normalized spacial score (nSPS) is 23.3. The maximum absolute atomic E-state index is 13.4. The molecule has 2 aromatic heterocycles. The Balaban J connectivity index is 1.36. The number of aromatic nitrogens is 4. The van der Waals surface area contributed by atoms with Gasteiger partial charge in [-0.3, -0.25) is 4.79 Å². The Bertz CT molecular complexity index is 1150. The van der Waals surface area contributed by atoms with Crippen LogP contribution >= 0.6 is 11.6 Å². The molecule has 1 aliphatic heterocycles. The summed E-state index contributed by atoms with van der Waals surface area (Å²) < 4.78 is 5.09. The molecule has 0 spiro atoms. The minimum Gasteiger partial charge on any atom is -0.339 e. The zero-order valence-electron chi connectivity index (χ0n) is 17.9. The summed E-state index contributed by atoms with van der Waals surface area (Å²) in [6.07, 6.45) is 5.70. The molecule has 1 aliphatic carbocycles. The summed E-state index contributed by atoms with van der Waals surface area (Å²) >= 11 is 6.24. The Morgan fingerprint density at radius 1 is 1.25 bits per heavy atom. The molecule has 166 valence electrons. The smallest absolute Gasteiger partial charge is 0.273 e. The van der Waals surface area contributed by atoms with Crippen molar-refractivity contribution in [2.75, 3.05) is 13.1 Å². The van der Waals surface area contributed by atoms with Gasteiger partial charge >= 0.3 is 0 Å². The Hall–Kier alpha value is -2.84. The fourth-order valence-corrected chi connectivity index (χ4v) is 5.33. The summed E-state index contributed by atoms with van der Waals surface area (Å²) in [5.41, 5.74) is 9.15. The van der Waals surface area contributed by atoms with Gasteiger partial charge in [0.25, 0.3) is 5.91 Å². The second-order valence-corrected chi connectivity index (χ2v) is 9.10. The Labute approximate surface area is 191 Å². The fraction of sp³-hybridized carbons (Fsp3) is 0.435. The van der Waals surface area contributed by atoms with E-state index in [2.05, 4.69) is 26.2 Å². The van der Waals surface area contributed by atoms with Gasteiger partial charge < -0.3 is 15.2 Å². The van der Waals surface area contributed by atoms with Gasteiger partial charge in [0, 0.05) is 42.1 Å². The van der Waals surface area contributed by atoms with E-state index in [1.54, 1.807) is 6.92 Å². The average Bonchev–Trinajstić information content (AvgIpc) is 3.25. The molecule has 32 heavy (non-hydrogen) atoms. The van der Waals surface area contributed by atoms with Crippen molar-refractivity contribution in [3.8, 4) is 11.5 Å². The van der Waals surface area contributed by atoms with Crippen LogP contribution in [0.5, 0.6) is 0 Å². The van der Waals surface area contributed by atoms with Crippen molar-refractivity contribution in [3.05, 3.63) is 58.3 Å². The fourth-order valence-electron chi connectivity index (χ4n) is 5.14. The molecule has 0 radical (unpaired) electrons. The maximum atomic E-state index is 13.4. The summed E-state index contributed by atoms with van der Waals surface area (Å²) in [7, 11) is 0. The van der Waals surface area contributed by atoms with Gasteiger partial charge in [-0.2, -0.15) is 4.98 Å². The summed E-state index contributed by atoms with van der Waals surface area (Å²) in [4.78, 5) is 28.3. The molecular formula is C23H25ClN6O2. The van der Waals surface area contributed by atoms with Crippen molar-refractivity contribution in [2.24, 2.45) is 5.73 Å². The van der Waals surface area contributed by atoms with E-state index in [1.165, 1.54) is 11.9 Å². The van der Waals surface area contributed by atoms with Crippen molar-refractivity contribution in [2.45, 2.75) is 50.5 Å². The molecule has 3 heterocycles. The third kappa shape index (κ3) is 3.57. The Morgan fingerprint density at radius 2 is 2.03 bits per heavy atom. The van der Waals surface area contributed by atoms with Gasteiger partial charge in [0.15, 0.2) is 0 Å². The molecule has 2 N–H and O–H groups in total. The molecule has 1 aromatic carbocycles. The number of fused-ring (bicyclic) bond motifs is 1. The first-order valence-electron chi connectivity index (χ1n) is 10.9. The van der Waals surface area contributed by atoms with Crippen molar-refractivity contribution in [3.63, 3.8) is 0 Å². The third-order valence-electron chi connectivity index (χ3n) is 6.93. The zero-order valence-corrected chi connectivity index (χ0v) is 18.7. The van der Waals surface area contributed by atoms with E-state index < -0.39 is 0 Å². The van der Waals surface area contributed by atoms with Crippen LogP contribution in [0.4, 0.5) is 0 Å². The molecule has 3 aromatic rings. The minimum absolute atomic E-state index is 0.0527. The predicted octanol–water partition coefficient (Wildman–Crippen LogP) is 3.33. The van der Waals surface area contributed by atoms with Gasteiger partial charge in [-0.15, -0.1) is 0 Å². The Morgan fingerprint density at radius 3 is 2.72 bits per heavy atom. The SMILES string of the molecule is Cc1nc(-c2ncnc3c2CCN(C2CCC(CN)(c4cccc(Cl)c4)CC2)C3=O)no1. The van der Waals surface area contributed by atoms with E-state index >= 15 is 0 Å². The highest BCUT2D eigenvalue weighted by Crippen LogP contribution is 2.41. The number of nitrogens with two attached hydrogens (primary N) is 1. The lowest BCUT2D eigenvalue weighted by molar-refractivity contribution is 0.0568. The first-order chi connectivity index (χ1) is 15.5. The van der Waals surface area contributed by atoms with E-state index in [9.17, 15) is 4.79 Å². The zero-order chi connectivity index (χ0) is 22.3. The molecule has 1 amide bonds. The van der Waals surface area contributed by atoms with E-state index in [-0.39, 0.29) is 17.4 Å². The Kier molecular flexibility index (Phi) is 5.43. The van der Waals surface area contributed by atoms with Crippen LogP contribution in [-0.4, -0.2) is 50.0 Å². The van der Waals surface area contributed by atoms with E-state index in [0.29, 0.717) is 42.6 Å². The second-order valence-electron chi connectivity index (χ2n) is 8.66. The van der Waals surface area contributed by atoms with Crippen molar-refractivity contribution >= 4 is 17.5 Å². The van der Waals surface area contributed by atoms with Gasteiger partial charge in [0.2, 0.25) is 11.7 Å². The van der Waals surface area contributed by atoms with Crippen molar-refractivity contribution < 1.29 is 9.32 Å². The maximum Gasteiger partial charge on any atom is 0.273 e. The van der Waals surface area contributed by atoms with Crippen LogP contribution in [0, 0.1) is 6.92 Å². The number of carbonyl (C=O) groups excluding carboxylic acids is 1. The van der Waals surface area contributed by atoms with Crippen LogP contribution in [0.25, 0.3) is 11.5 Å². The first kappa shape index (κ1) is 21.0. The van der Waals surface area contributed by atoms with Gasteiger partial charge in [-0.05, 0) is 49.8 Å². The molecule has 0 unspecified atom stereocenters. The highest BCUT2D eigenvalue weighted by Gasteiger charge is 2.40. The van der Waals surface area contributed by atoms with Crippen LogP contribution in [0.1, 0.15) is 53.2 Å². The van der Waals surface area contributed by atoms with Gasteiger partial charge in [-0.1, -0.05) is 28.9 Å². The van der Waals surface area contributed by atoms with E-state index in [4.69, 9.17) is 21.9 Å². The lowest BCUT2D eigenvalue weighted by Gasteiger charge is -2.44. The van der Waals surface area contributed by atoms with E-state index in [1.807, 2.05) is 23.1 Å². The van der Waals surface area contributed by atoms with Gasteiger partial charge in [0.1, 0.15) is 17.7 Å².